The summed E-state index contributed by atoms with van der Waals surface area (Å²) in [6.07, 6.45) is 36.6. The molecule has 5 nitrogen and oxygen atoms in total. The van der Waals surface area contributed by atoms with Crippen LogP contribution >= 0.6 is 0 Å². The van der Waals surface area contributed by atoms with Crippen molar-refractivity contribution >= 4 is 5.91 Å². The van der Waals surface area contributed by atoms with Gasteiger partial charge >= 0.3 is 0 Å². The third-order valence-electron chi connectivity index (χ3n) is 7.07. The van der Waals surface area contributed by atoms with Crippen molar-refractivity contribution in [3.05, 3.63) is 48.6 Å². The summed E-state index contributed by atoms with van der Waals surface area (Å²) in [5.74, 6) is -0.345. The first-order valence-corrected chi connectivity index (χ1v) is 16.4. The molecule has 1 amide bonds. The van der Waals surface area contributed by atoms with E-state index in [1.807, 2.05) is 6.08 Å². The van der Waals surface area contributed by atoms with E-state index in [0.29, 0.717) is 6.42 Å². The number of carbonyl (C=O) groups excluding carboxylic acids is 1. The standard InChI is InChI=1S/C35H63NO4/c1-3-5-7-9-11-13-15-16-17-18-19-21-23-25-27-29-34(39)33(31-37)36-35(40)30-32(38)28-26-24-22-20-14-12-10-8-6-4-2/h12,14-16,19,21,27,29,32-34,37-39H,3-11,13,17-18,20,22-26,28,30-31H2,1-2H3,(H,36,40)/b14-12-,16-15+,21-19+,29-27+. The number of allylic oxidation sites excluding steroid dienone is 7. The highest BCUT2D eigenvalue weighted by Crippen LogP contribution is 2.10. The Morgan fingerprint density at radius 2 is 1.07 bits per heavy atom. The zero-order chi connectivity index (χ0) is 29.5. The quantitative estimate of drug-likeness (QED) is 0.0572. The molecule has 0 radical (unpaired) electrons. The first-order valence-electron chi connectivity index (χ1n) is 16.4. The normalized spacial score (nSPS) is 14.6. The van der Waals surface area contributed by atoms with Gasteiger partial charge in [-0.1, -0.05) is 114 Å². The number of nitrogens with one attached hydrogen (secondary N) is 1. The number of hydrogen-bond acceptors (Lipinski definition) is 4. The lowest BCUT2D eigenvalue weighted by Gasteiger charge is -2.20. The van der Waals surface area contributed by atoms with Crippen LogP contribution in [-0.4, -0.2) is 46.1 Å². The molecule has 0 rings (SSSR count). The number of unbranched alkanes of at least 4 members (excludes halogenated alkanes) is 13. The van der Waals surface area contributed by atoms with Crippen molar-refractivity contribution in [1.82, 2.24) is 5.32 Å². The first kappa shape index (κ1) is 38.3. The van der Waals surface area contributed by atoms with E-state index >= 15 is 0 Å². The summed E-state index contributed by atoms with van der Waals surface area (Å²) in [6.45, 7) is 4.10. The zero-order valence-electron chi connectivity index (χ0n) is 25.9. The molecule has 0 aromatic rings. The average molecular weight is 562 g/mol. The summed E-state index contributed by atoms with van der Waals surface area (Å²) in [7, 11) is 0. The lowest BCUT2D eigenvalue weighted by molar-refractivity contribution is -0.124. The largest absolute Gasteiger partial charge is 0.394 e. The predicted molar refractivity (Wildman–Crippen MR) is 171 cm³/mol. The number of carbonyl (C=O) groups is 1. The number of rotatable bonds is 28. The number of aliphatic hydroxyl groups is 3. The Kier molecular flexibility index (Phi) is 29.0. The van der Waals surface area contributed by atoms with Crippen molar-refractivity contribution < 1.29 is 20.1 Å². The smallest absolute Gasteiger partial charge is 0.222 e. The number of hydrogen-bond donors (Lipinski definition) is 4. The van der Waals surface area contributed by atoms with Crippen molar-refractivity contribution in [3.63, 3.8) is 0 Å². The monoisotopic (exact) mass is 561 g/mol. The van der Waals surface area contributed by atoms with Gasteiger partial charge in [-0.3, -0.25) is 4.79 Å². The fraction of sp³-hybridized carbons (Fsp3) is 0.743. The van der Waals surface area contributed by atoms with Crippen molar-refractivity contribution in [2.24, 2.45) is 0 Å². The topological polar surface area (TPSA) is 89.8 Å². The molecule has 0 aromatic carbocycles. The van der Waals surface area contributed by atoms with Crippen LogP contribution in [0.5, 0.6) is 0 Å². The molecule has 0 fully saturated rings. The fourth-order valence-electron chi connectivity index (χ4n) is 4.48. The molecule has 232 valence electrons. The van der Waals surface area contributed by atoms with Crippen molar-refractivity contribution in [3.8, 4) is 0 Å². The van der Waals surface area contributed by atoms with Crippen LogP contribution in [0.25, 0.3) is 0 Å². The molecule has 0 aliphatic heterocycles. The Bertz CT molecular complexity index is 670. The van der Waals surface area contributed by atoms with E-state index in [2.05, 4.69) is 55.6 Å². The molecule has 0 bridgehead atoms. The van der Waals surface area contributed by atoms with Crippen LogP contribution in [0.4, 0.5) is 0 Å². The van der Waals surface area contributed by atoms with Crippen molar-refractivity contribution in [2.75, 3.05) is 6.61 Å². The second-order valence-corrected chi connectivity index (χ2v) is 11.0. The van der Waals surface area contributed by atoms with Gasteiger partial charge < -0.3 is 20.6 Å². The van der Waals surface area contributed by atoms with Crippen LogP contribution < -0.4 is 5.32 Å². The van der Waals surface area contributed by atoms with Gasteiger partial charge in [0.15, 0.2) is 0 Å². The van der Waals surface area contributed by atoms with E-state index in [1.165, 1.54) is 57.8 Å². The third-order valence-corrected chi connectivity index (χ3v) is 7.07. The van der Waals surface area contributed by atoms with Crippen molar-refractivity contribution in [2.45, 2.75) is 161 Å². The molecule has 0 aliphatic carbocycles. The fourth-order valence-corrected chi connectivity index (χ4v) is 4.48. The lowest BCUT2D eigenvalue weighted by Crippen LogP contribution is -2.45. The Balaban J connectivity index is 3.92. The molecule has 5 heteroatoms. The molecule has 0 aliphatic rings. The summed E-state index contributed by atoms with van der Waals surface area (Å²) in [5.41, 5.74) is 0. The van der Waals surface area contributed by atoms with Crippen molar-refractivity contribution in [1.29, 1.82) is 0 Å². The highest BCUT2D eigenvalue weighted by atomic mass is 16.3. The van der Waals surface area contributed by atoms with Crippen LogP contribution in [0, 0.1) is 0 Å². The highest BCUT2D eigenvalue weighted by molar-refractivity contribution is 5.76. The number of aliphatic hydroxyl groups excluding tert-OH is 3. The summed E-state index contributed by atoms with van der Waals surface area (Å²) in [5, 5.41) is 32.8. The molecule has 0 heterocycles. The van der Waals surface area contributed by atoms with Gasteiger partial charge in [0.2, 0.25) is 5.91 Å². The molecule has 3 unspecified atom stereocenters. The lowest BCUT2D eigenvalue weighted by atomic mass is 10.1. The van der Waals surface area contributed by atoms with Crippen LogP contribution in [0.3, 0.4) is 0 Å². The van der Waals surface area contributed by atoms with Crippen LogP contribution in [-0.2, 0) is 4.79 Å². The third kappa shape index (κ3) is 26.5. The van der Waals surface area contributed by atoms with Crippen LogP contribution in [0.15, 0.2) is 48.6 Å². The molecule has 0 saturated heterocycles. The Labute approximate surface area is 246 Å². The van der Waals surface area contributed by atoms with E-state index in [0.717, 1.165) is 57.8 Å². The molecule has 0 aromatic heterocycles. The molecule has 0 spiro atoms. The zero-order valence-corrected chi connectivity index (χ0v) is 25.9. The van der Waals surface area contributed by atoms with E-state index in [9.17, 15) is 20.1 Å². The molecule has 40 heavy (non-hydrogen) atoms. The maximum atomic E-state index is 12.3. The first-order chi connectivity index (χ1) is 19.5. The minimum atomic E-state index is -0.961. The summed E-state index contributed by atoms with van der Waals surface area (Å²) in [6, 6.07) is -0.769. The Morgan fingerprint density at radius 1 is 0.625 bits per heavy atom. The molecular formula is C35H63NO4. The van der Waals surface area contributed by atoms with E-state index < -0.39 is 18.2 Å². The van der Waals surface area contributed by atoms with Gasteiger partial charge in [-0.25, -0.2) is 0 Å². The van der Waals surface area contributed by atoms with Gasteiger partial charge in [0.25, 0.3) is 0 Å². The summed E-state index contributed by atoms with van der Waals surface area (Å²) < 4.78 is 0. The van der Waals surface area contributed by atoms with Gasteiger partial charge in [-0.2, -0.15) is 0 Å². The SMILES string of the molecule is CCCCC/C=C\CCCCCC(O)CC(=O)NC(CO)C(O)/C=C/CC/C=C/CC/C=C/CCCCCCC. The average Bonchev–Trinajstić information content (AvgIpc) is 2.94. The van der Waals surface area contributed by atoms with E-state index in [-0.39, 0.29) is 18.9 Å². The summed E-state index contributed by atoms with van der Waals surface area (Å²) in [4.78, 5) is 12.3. The highest BCUT2D eigenvalue weighted by Gasteiger charge is 2.19. The Morgan fingerprint density at radius 3 is 1.62 bits per heavy atom. The molecular weight excluding hydrogens is 498 g/mol. The van der Waals surface area contributed by atoms with Gasteiger partial charge in [-0.05, 0) is 70.6 Å². The summed E-state index contributed by atoms with van der Waals surface area (Å²) >= 11 is 0. The minimum Gasteiger partial charge on any atom is -0.394 e. The van der Waals surface area contributed by atoms with E-state index in [1.54, 1.807) is 6.08 Å². The second-order valence-electron chi connectivity index (χ2n) is 11.0. The number of amides is 1. The minimum absolute atomic E-state index is 0.0107. The Hall–Kier alpha value is -1.69. The van der Waals surface area contributed by atoms with Gasteiger partial charge in [0.1, 0.15) is 0 Å². The van der Waals surface area contributed by atoms with E-state index in [4.69, 9.17) is 0 Å². The van der Waals surface area contributed by atoms with Gasteiger partial charge in [0, 0.05) is 0 Å². The maximum absolute atomic E-state index is 12.3. The van der Waals surface area contributed by atoms with Gasteiger partial charge in [0.05, 0.1) is 31.3 Å². The molecule has 4 N–H and O–H groups in total. The molecule has 0 saturated carbocycles. The second kappa shape index (κ2) is 30.3. The predicted octanol–water partition coefficient (Wildman–Crippen LogP) is 8.25. The molecule has 3 atom stereocenters. The van der Waals surface area contributed by atoms with Crippen LogP contribution in [0.1, 0.15) is 142 Å². The van der Waals surface area contributed by atoms with Crippen LogP contribution in [0.2, 0.25) is 0 Å². The maximum Gasteiger partial charge on any atom is 0.222 e. The van der Waals surface area contributed by atoms with Gasteiger partial charge in [-0.15, -0.1) is 0 Å².